The maximum atomic E-state index is 5.61. The van der Waals surface area contributed by atoms with Crippen LogP contribution in [0.5, 0.6) is 0 Å². The molecule has 0 bridgehead atoms. The summed E-state index contributed by atoms with van der Waals surface area (Å²) in [6, 6.07) is 8.27. The molecule has 1 aliphatic carbocycles. The molecule has 0 saturated heterocycles. The van der Waals surface area contributed by atoms with E-state index in [4.69, 9.17) is 5.73 Å². The van der Waals surface area contributed by atoms with Gasteiger partial charge in [-0.25, -0.2) is 0 Å². The van der Waals surface area contributed by atoms with Gasteiger partial charge in [-0.2, -0.15) is 0 Å². The highest BCUT2D eigenvalue weighted by atomic mass is 14.5. The van der Waals surface area contributed by atoms with Gasteiger partial charge in [0.25, 0.3) is 0 Å². The number of benzene rings is 1. The molecule has 1 aromatic carbocycles. The van der Waals surface area contributed by atoms with E-state index in [9.17, 15) is 0 Å². The Bertz CT molecular complexity index is 284. The molecule has 1 nitrogen and oxygen atoms in total. The maximum Gasteiger partial charge on any atom is 0.0314 e. The third-order valence-electron chi connectivity index (χ3n) is 2.85. The van der Waals surface area contributed by atoms with Crippen molar-refractivity contribution in [1.82, 2.24) is 0 Å². The number of hydrogen-bond acceptors (Lipinski definition) is 1. The Balaban J connectivity index is 2.21. The van der Waals surface area contributed by atoms with Crippen LogP contribution in [-0.2, 0) is 0 Å². The minimum Gasteiger partial charge on any atom is -0.399 e. The van der Waals surface area contributed by atoms with Crippen LogP contribution in [0.15, 0.2) is 24.3 Å². The van der Waals surface area contributed by atoms with E-state index < -0.39 is 0 Å². The molecule has 12 heavy (non-hydrogen) atoms. The zero-order valence-corrected chi connectivity index (χ0v) is 7.67. The van der Waals surface area contributed by atoms with Gasteiger partial charge in [0.05, 0.1) is 0 Å². The summed E-state index contributed by atoms with van der Waals surface area (Å²) in [5, 5.41) is 0. The van der Waals surface area contributed by atoms with Crippen LogP contribution in [0.1, 0.15) is 31.7 Å². The second kappa shape index (κ2) is 2.25. The fraction of sp³-hybridized carbons (Fsp3) is 0.455. The minimum atomic E-state index is 0.524. The first-order chi connectivity index (χ1) is 5.59. The van der Waals surface area contributed by atoms with E-state index >= 15 is 0 Å². The smallest absolute Gasteiger partial charge is 0.0314 e. The van der Waals surface area contributed by atoms with Crippen LogP contribution in [0.4, 0.5) is 5.69 Å². The van der Waals surface area contributed by atoms with Crippen LogP contribution in [0.25, 0.3) is 0 Å². The molecule has 0 spiro atoms. The molecule has 0 amide bonds. The maximum absolute atomic E-state index is 5.61. The molecule has 0 aliphatic heterocycles. The van der Waals surface area contributed by atoms with Crippen LogP contribution in [0, 0.1) is 5.41 Å². The summed E-state index contributed by atoms with van der Waals surface area (Å²) in [6.45, 7) is 4.63. The zero-order valence-electron chi connectivity index (χ0n) is 7.67. The molecule has 0 aromatic heterocycles. The summed E-state index contributed by atoms with van der Waals surface area (Å²) in [7, 11) is 0. The second-order valence-corrected chi connectivity index (χ2v) is 4.41. The Morgan fingerprint density at radius 2 is 1.75 bits per heavy atom. The van der Waals surface area contributed by atoms with Crippen molar-refractivity contribution in [2.45, 2.75) is 26.2 Å². The first kappa shape index (κ1) is 7.66. The summed E-state index contributed by atoms with van der Waals surface area (Å²) in [5.41, 5.74) is 8.44. The SMILES string of the molecule is CC1(C)C[C@H]1c1ccc(N)cc1. The highest BCUT2D eigenvalue weighted by Gasteiger charge is 2.46. The number of anilines is 1. The van der Waals surface area contributed by atoms with Crippen molar-refractivity contribution in [2.75, 3.05) is 5.73 Å². The van der Waals surface area contributed by atoms with Crippen LogP contribution in [-0.4, -0.2) is 0 Å². The molecule has 1 aliphatic rings. The van der Waals surface area contributed by atoms with Crippen molar-refractivity contribution >= 4 is 5.69 Å². The highest BCUT2D eigenvalue weighted by Crippen LogP contribution is 2.58. The molecule has 0 radical (unpaired) electrons. The normalized spacial score (nSPS) is 25.3. The Kier molecular flexibility index (Phi) is 1.44. The van der Waals surface area contributed by atoms with Crippen molar-refractivity contribution in [2.24, 2.45) is 5.41 Å². The van der Waals surface area contributed by atoms with Crippen molar-refractivity contribution in [1.29, 1.82) is 0 Å². The molecule has 2 rings (SSSR count). The van der Waals surface area contributed by atoms with Gasteiger partial charge in [-0.1, -0.05) is 26.0 Å². The number of rotatable bonds is 1. The molecule has 1 fully saturated rings. The minimum absolute atomic E-state index is 0.524. The molecular weight excluding hydrogens is 146 g/mol. The van der Waals surface area contributed by atoms with Gasteiger partial charge < -0.3 is 5.73 Å². The summed E-state index contributed by atoms with van der Waals surface area (Å²) in [4.78, 5) is 0. The van der Waals surface area contributed by atoms with Crippen LogP contribution >= 0.6 is 0 Å². The van der Waals surface area contributed by atoms with Gasteiger partial charge in [0, 0.05) is 5.69 Å². The molecule has 2 N–H and O–H groups in total. The highest BCUT2D eigenvalue weighted by molar-refractivity contribution is 5.42. The van der Waals surface area contributed by atoms with Crippen LogP contribution < -0.4 is 5.73 Å². The van der Waals surface area contributed by atoms with Gasteiger partial charge >= 0.3 is 0 Å². The topological polar surface area (TPSA) is 26.0 Å². The van der Waals surface area contributed by atoms with Gasteiger partial charge in [0.1, 0.15) is 0 Å². The largest absolute Gasteiger partial charge is 0.399 e. The molecule has 1 saturated carbocycles. The molecule has 0 heterocycles. The first-order valence-corrected chi connectivity index (χ1v) is 4.45. The monoisotopic (exact) mass is 161 g/mol. The average molecular weight is 161 g/mol. The van der Waals surface area contributed by atoms with Gasteiger partial charge in [-0.05, 0) is 35.4 Å². The van der Waals surface area contributed by atoms with Gasteiger partial charge in [-0.15, -0.1) is 0 Å². The third kappa shape index (κ3) is 1.20. The van der Waals surface area contributed by atoms with Crippen molar-refractivity contribution in [3.8, 4) is 0 Å². The van der Waals surface area contributed by atoms with Crippen LogP contribution in [0.2, 0.25) is 0 Å². The van der Waals surface area contributed by atoms with Gasteiger partial charge in [-0.3, -0.25) is 0 Å². The van der Waals surface area contributed by atoms with Crippen LogP contribution in [0.3, 0.4) is 0 Å². The van der Waals surface area contributed by atoms with E-state index in [1.165, 1.54) is 12.0 Å². The van der Waals surface area contributed by atoms with E-state index in [2.05, 4.69) is 26.0 Å². The third-order valence-corrected chi connectivity index (χ3v) is 2.85. The fourth-order valence-corrected chi connectivity index (χ4v) is 1.76. The number of hydrogen-bond donors (Lipinski definition) is 1. The molecule has 1 aromatic rings. The van der Waals surface area contributed by atoms with E-state index in [0.29, 0.717) is 5.41 Å². The lowest BCUT2D eigenvalue weighted by Gasteiger charge is -2.03. The Morgan fingerprint density at radius 3 is 2.17 bits per heavy atom. The Labute approximate surface area is 73.6 Å². The lowest BCUT2D eigenvalue weighted by atomic mass is 10.0. The molecular formula is C11H15N. The quantitative estimate of drug-likeness (QED) is 0.630. The van der Waals surface area contributed by atoms with E-state index in [1.54, 1.807) is 0 Å². The summed E-state index contributed by atoms with van der Waals surface area (Å²) in [6.07, 6.45) is 1.32. The van der Waals surface area contributed by atoms with Crippen molar-refractivity contribution in [3.63, 3.8) is 0 Å². The lowest BCUT2D eigenvalue weighted by Crippen LogP contribution is -1.90. The summed E-state index contributed by atoms with van der Waals surface area (Å²) < 4.78 is 0. The molecule has 64 valence electrons. The predicted molar refractivity (Wildman–Crippen MR) is 52.0 cm³/mol. The average Bonchev–Trinajstić information content (AvgIpc) is 2.61. The zero-order chi connectivity index (χ0) is 8.77. The molecule has 1 atom stereocenters. The van der Waals surface area contributed by atoms with Gasteiger partial charge in [0.2, 0.25) is 0 Å². The second-order valence-electron chi connectivity index (χ2n) is 4.41. The number of nitrogens with two attached hydrogens (primary N) is 1. The Hall–Kier alpha value is -0.980. The van der Waals surface area contributed by atoms with E-state index in [1.807, 2.05) is 12.1 Å². The van der Waals surface area contributed by atoms with Crippen molar-refractivity contribution in [3.05, 3.63) is 29.8 Å². The summed E-state index contributed by atoms with van der Waals surface area (Å²) >= 11 is 0. The van der Waals surface area contributed by atoms with E-state index in [0.717, 1.165) is 11.6 Å². The molecule has 1 heteroatoms. The molecule has 0 unspecified atom stereocenters. The lowest BCUT2D eigenvalue weighted by molar-refractivity contribution is 0.622. The standard InChI is InChI=1S/C11H15N/c1-11(2)7-10(11)8-3-5-9(12)6-4-8/h3-6,10H,7,12H2,1-2H3/t10-/m0/s1. The first-order valence-electron chi connectivity index (χ1n) is 4.45. The summed E-state index contributed by atoms with van der Waals surface area (Å²) in [5.74, 6) is 0.762. The predicted octanol–water partition coefficient (Wildman–Crippen LogP) is 2.78. The van der Waals surface area contributed by atoms with Crippen molar-refractivity contribution < 1.29 is 0 Å². The fourth-order valence-electron chi connectivity index (χ4n) is 1.76. The van der Waals surface area contributed by atoms with E-state index in [-0.39, 0.29) is 0 Å². The Morgan fingerprint density at radius 1 is 1.25 bits per heavy atom. The van der Waals surface area contributed by atoms with Gasteiger partial charge in [0.15, 0.2) is 0 Å². The number of nitrogen functional groups attached to an aromatic ring is 1.